The molecule has 0 aliphatic heterocycles. The molecule has 0 radical (unpaired) electrons. The van der Waals surface area contributed by atoms with E-state index in [9.17, 15) is 9.90 Å². The number of rotatable bonds is 5. The Kier molecular flexibility index (Phi) is 4.60. The zero-order valence-electron chi connectivity index (χ0n) is 12.8. The van der Waals surface area contributed by atoms with Crippen LogP contribution in [0.25, 0.3) is 0 Å². The Hall–Kier alpha value is -2.63. The van der Waals surface area contributed by atoms with Crippen LogP contribution in [0.1, 0.15) is 47.1 Å². The van der Waals surface area contributed by atoms with Crippen molar-refractivity contribution in [1.29, 1.82) is 0 Å². The molecule has 0 bridgehead atoms. The lowest BCUT2D eigenvalue weighted by Gasteiger charge is -2.11. The molecule has 6 heteroatoms. The van der Waals surface area contributed by atoms with E-state index in [1.54, 1.807) is 6.92 Å². The number of aromatic carboxylic acids is 1. The SMILES string of the molecule is Cc1nc(N)nc(COc2ccc(C(C)C)cc2)c1C(=O)O. The molecule has 1 aromatic carbocycles. The third-order valence-corrected chi connectivity index (χ3v) is 3.32. The number of benzene rings is 1. The first kappa shape index (κ1) is 15.8. The fourth-order valence-electron chi connectivity index (χ4n) is 2.14. The van der Waals surface area contributed by atoms with Crippen molar-refractivity contribution in [2.24, 2.45) is 0 Å². The molecule has 6 nitrogen and oxygen atoms in total. The fraction of sp³-hybridized carbons (Fsp3) is 0.312. The van der Waals surface area contributed by atoms with Gasteiger partial charge in [-0.1, -0.05) is 26.0 Å². The molecule has 1 heterocycles. The van der Waals surface area contributed by atoms with Crippen LogP contribution >= 0.6 is 0 Å². The predicted molar refractivity (Wildman–Crippen MR) is 83.0 cm³/mol. The number of nitrogens with two attached hydrogens (primary N) is 1. The van der Waals surface area contributed by atoms with E-state index in [4.69, 9.17) is 10.5 Å². The van der Waals surface area contributed by atoms with Crippen LogP contribution < -0.4 is 10.5 Å². The molecule has 2 rings (SSSR count). The van der Waals surface area contributed by atoms with Gasteiger partial charge in [0.1, 0.15) is 17.9 Å². The fourth-order valence-corrected chi connectivity index (χ4v) is 2.14. The number of aryl methyl sites for hydroxylation is 1. The Labute approximate surface area is 129 Å². The Balaban J connectivity index is 2.19. The number of hydrogen-bond donors (Lipinski definition) is 2. The molecule has 2 aromatic rings. The summed E-state index contributed by atoms with van der Waals surface area (Å²) in [5, 5.41) is 9.26. The summed E-state index contributed by atoms with van der Waals surface area (Å²) in [4.78, 5) is 19.2. The van der Waals surface area contributed by atoms with Crippen molar-refractivity contribution >= 4 is 11.9 Å². The smallest absolute Gasteiger partial charge is 0.339 e. The summed E-state index contributed by atoms with van der Waals surface area (Å²) in [5.74, 6) is 0.0371. The summed E-state index contributed by atoms with van der Waals surface area (Å²) >= 11 is 0. The van der Waals surface area contributed by atoms with Crippen molar-refractivity contribution < 1.29 is 14.6 Å². The lowest BCUT2D eigenvalue weighted by molar-refractivity contribution is 0.0691. The number of carboxylic acid groups (broad SMARTS) is 1. The summed E-state index contributed by atoms with van der Waals surface area (Å²) in [5.41, 5.74) is 7.42. The van der Waals surface area contributed by atoms with Crippen molar-refractivity contribution in [3.8, 4) is 5.75 Å². The maximum Gasteiger partial charge on any atom is 0.339 e. The average Bonchev–Trinajstić information content (AvgIpc) is 2.44. The number of carboxylic acids is 1. The summed E-state index contributed by atoms with van der Waals surface area (Å²) in [6.45, 7) is 5.83. The zero-order valence-corrected chi connectivity index (χ0v) is 12.8. The van der Waals surface area contributed by atoms with Gasteiger partial charge in [0.25, 0.3) is 0 Å². The van der Waals surface area contributed by atoms with Crippen LogP contribution in [0.5, 0.6) is 5.75 Å². The van der Waals surface area contributed by atoms with Crippen LogP contribution in [0.15, 0.2) is 24.3 Å². The minimum atomic E-state index is -1.09. The van der Waals surface area contributed by atoms with Crippen molar-refractivity contribution in [3.05, 3.63) is 46.8 Å². The summed E-state index contributed by atoms with van der Waals surface area (Å²) in [6, 6.07) is 7.68. The van der Waals surface area contributed by atoms with Crippen molar-refractivity contribution in [2.75, 3.05) is 5.73 Å². The molecule has 116 valence electrons. The number of nitrogen functional groups attached to an aromatic ring is 1. The molecule has 0 spiro atoms. The van der Waals surface area contributed by atoms with E-state index in [0.717, 1.165) is 0 Å². The molecule has 3 N–H and O–H groups in total. The van der Waals surface area contributed by atoms with Crippen molar-refractivity contribution in [3.63, 3.8) is 0 Å². The Morgan fingerprint density at radius 3 is 2.45 bits per heavy atom. The first-order chi connectivity index (χ1) is 10.4. The number of anilines is 1. The van der Waals surface area contributed by atoms with Gasteiger partial charge in [0.15, 0.2) is 0 Å². The highest BCUT2D eigenvalue weighted by atomic mass is 16.5. The van der Waals surface area contributed by atoms with Gasteiger partial charge >= 0.3 is 5.97 Å². The van der Waals surface area contributed by atoms with Crippen LogP contribution in [0.3, 0.4) is 0 Å². The van der Waals surface area contributed by atoms with Gasteiger partial charge in [0.2, 0.25) is 5.95 Å². The highest BCUT2D eigenvalue weighted by Gasteiger charge is 2.17. The lowest BCUT2D eigenvalue weighted by atomic mass is 10.0. The second-order valence-corrected chi connectivity index (χ2v) is 5.31. The minimum absolute atomic E-state index is 0.0240. The molecule has 0 aliphatic rings. The van der Waals surface area contributed by atoms with E-state index in [0.29, 0.717) is 17.4 Å². The maximum absolute atomic E-state index is 11.3. The van der Waals surface area contributed by atoms with E-state index in [1.165, 1.54) is 5.56 Å². The van der Waals surface area contributed by atoms with Gasteiger partial charge in [-0.3, -0.25) is 0 Å². The molecule has 0 saturated carbocycles. The van der Waals surface area contributed by atoms with Crippen LogP contribution in [0.4, 0.5) is 5.95 Å². The number of hydrogen-bond acceptors (Lipinski definition) is 5. The van der Waals surface area contributed by atoms with Gasteiger partial charge in [-0.25, -0.2) is 14.8 Å². The summed E-state index contributed by atoms with van der Waals surface area (Å²) in [6.07, 6.45) is 0. The maximum atomic E-state index is 11.3. The standard InChI is InChI=1S/C16H19N3O3/c1-9(2)11-4-6-12(7-5-11)22-8-13-14(15(20)21)10(3)18-16(17)19-13/h4-7,9H,8H2,1-3H3,(H,20,21)(H2,17,18,19). The van der Waals surface area contributed by atoms with Crippen LogP contribution in [0, 0.1) is 6.92 Å². The number of nitrogens with zero attached hydrogens (tertiary/aromatic N) is 2. The molecule has 0 saturated heterocycles. The lowest BCUT2D eigenvalue weighted by Crippen LogP contribution is -2.14. The first-order valence-corrected chi connectivity index (χ1v) is 6.97. The normalized spacial score (nSPS) is 10.7. The average molecular weight is 301 g/mol. The molecule has 22 heavy (non-hydrogen) atoms. The third-order valence-electron chi connectivity index (χ3n) is 3.32. The van der Waals surface area contributed by atoms with Gasteiger partial charge in [0, 0.05) is 0 Å². The van der Waals surface area contributed by atoms with Gasteiger partial charge in [-0.05, 0) is 30.5 Å². The topological polar surface area (TPSA) is 98.3 Å². The van der Waals surface area contributed by atoms with E-state index in [1.807, 2.05) is 24.3 Å². The monoisotopic (exact) mass is 301 g/mol. The van der Waals surface area contributed by atoms with Gasteiger partial charge in [-0.2, -0.15) is 0 Å². The quantitative estimate of drug-likeness (QED) is 0.881. The van der Waals surface area contributed by atoms with E-state index in [-0.39, 0.29) is 23.8 Å². The summed E-state index contributed by atoms with van der Waals surface area (Å²) in [7, 11) is 0. The number of ether oxygens (including phenoxy) is 1. The van der Waals surface area contributed by atoms with Crippen molar-refractivity contribution in [2.45, 2.75) is 33.3 Å². The molecule has 0 unspecified atom stereocenters. The zero-order chi connectivity index (χ0) is 16.3. The van der Waals surface area contributed by atoms with Gasteiger partial charge in [0.05, 0.1) is 11.4 Å². The molecule has 0 atom stereocenters. The highest BCUT2D eigenvalue weighted by molar-refractivity contribution is 5.90. The second kappa shape index (κ2) is 6.43. The Bertz CT molecular complexity index is 682. The van der Waals surface area contributed by atoms with Gasteiger partial charge < -0.3 is 15.6 Å². The molecular formula is C16H19N3O3. The van der Waals surface area contributed by atoms with Gasteiger partial charge in [-0.15, -0.1) is 0 Å². The van der Waals surface area contributed by atoms with E-state index < -0.39 is 5.97 Å². The molecule has 0 fully saturated rings. The summed E-state index contributed by atoms with van der Waals surface area (Å²) < 4.78 is 5.62. The Morgan fingerprint density at radius 2 is 1.91 bits per heavy atom. The largest absolute Gasteiger partial charge is 0.487 e. The Morgan fingerprint density at radius 1 is 1.27 bits per heavy atom. The van der Waals surface area contributed by atoms with Crippen molar-refractivity contribution in [1.82, 2.24) is 9.97 Å². The third kappa shape index (κ3) is 3.52. The molecule has 0 aliphatic carbocycles. The van der Waals surface area contributed by atoms with Crippen LogP contribution in [-0.4, -0.2) is 21.0 Å². The second-order valence-electron chi connectivity index (χ2n) is 5.31. The predicted octanol–water partition coefficient (Wildman–Crippen LogP) is 2.77. The molecular weight excluding hydrogens is 282 g/mol. The first-order valence-electron chi connectivity index (χ1n) is 6.97. The van der Waals surface area contributed by atoms with E-state index >= 15 is 0 Å². The minimum Gasteiger partial charge on any atom is -0.487 e. The number of carbonyl (C=O) groups is 1. The van der Waals surface area contributed by atoms with Crippen LogP contribution in [0.2, 0.25) is 0 Å². The molecule has 1 aromatic heterocycles. The van der Waals surface area contributed by atoms with Crippen LogP contribution in [-0.2, 0) is 6.61 Å². The highest BCUT2D eigenvalue weighted by Crippen LogP contribution is 2.20. The molecule has 0 amide bonds. The number of aromatic nitrogens is 2. The van der Waals surface area contributed by atoms with E-state index in [2.05, 4.69) is 23.8 Å².